The number of hydrogen-bond donors (Lipinski definition) is 0. The van der Waals surface area contributed by atoms with E-state index < -0.39 is 0 Å². The van der Waals surface area contributed by atoms with E-state index in [1.54, 1.807) is 4.80 Å². The van der Waals surface area contributed by atoms with Crippen LogP contribution in [0.5, 0.6) is 0 Å². The predicted molar refractivity (Wildman–Crippen MR) is 77.2 cm³/mol. The Kier molecular flexibility index (Phi) is 5.53. The van der Waals surface area contributed by atoms with E-state index in [9.17, 15) is 4.79 Å². The van der Waals surface area contributed by atoms with Crippen LogP contribution < -0.4 is 0 Å². The molecule has 2 aromatic rings. The van der Waals surface area contributed by atoms with Crippen molar-refractivity contribution in [2.45, 2.75) is 45.6 Å². The zero-order chi connectivity index (χ0) is 14.2. The zero-order valence-electron chi connectivity index (χ0n) is 11.9. The van der Waals surface area contributed by atoms with Gasteiger partial charge in [0.25, 0.3) is 0 Å². The number of hydrogen-bond acceptors (Lipinski definition) is 4. The third kappa shape index (κ3) is 4.33. The lowest BCUT2D eigenvalue weighted by Gasteiger charge is -2.04. The molecule has 0 radical (unpaired) electrons. The molecule has 5 heteroatoms. The van der Waals surface area contributed by atoms with Gasteiger partial charge in [0.15, 0.2) is 0 Å². The molecule has 2 rings (SSSR count). The monoisotopic (exact) mass is 275 g/mol. The summed E-state index contributed by atoms with van der Waals surface area (Å²) in [5, 5.41) is 8.61. The van der Waals surface area contributed by atoms with Gasteiger partial charge in [0.05, 0.1) is 19.6 Å². The third-order valence-corrected chi connectivity index (χ3v) is 3.10. The van der Waals surface area contributed by atoms with Crippen LogP contribution in [0.4, 0.5) is 0 Å². The zero-order valence-corrected chi connectivity index (χ0v) is 11.9. The van der Waals surface area contributed by atoms with Gasteiger partial charge in [0, 0.05) is 0 Å². The van der Waals surface area contributed by atoms with E-state index in [1.165, 1.54) is 12.8 Å². The number of unbranched alkanes of at least 4 members (excludes halogenated alkanes) is 3. The van der Waals surface area contributed by atoms with Crippen molar-refractivity contribution >= 4 is 17.0 Å². The maximum atomic E-state index is 11.6. The Hall–Kier alpha value is -1.91. The van der Waals surface area contributed by atoms with Gasteiger partial charge in [-0.05, 0) is 18.6 Å². The van der Waals surface area contributed by atoms with Crippen molar-refractivity contribution in [3.63, 3.8) is 0 Å². The molecule has 1 heterocycles. The second-order valence-corrected chi connectivity index (χ2v) is 4.82. The maximum absolute atomic E-state index is 11.6. The Labute approximate surface area is 118 Å². The number of carbonyl (C=O) groups is 1. The molecule has 0 bridgehead atoms. The van der Waals surface area contributed by atoms with Gasteiger partial charge in [-0.15, -0.1) is 0 Å². The average molecular weight is 275 g/mol. The van der Waals surface area contributed by atoms with Gasteiger partial charge in [0.2, 0.25) is 0 Å². The van der Waals surface area contributed by atoms with Gasteiger partial charge >= 0.3 is 5.97 Å². The van der Waals surface area contributed by atoms with E-state index in [0.717, 1.165) is 23.9 Å². The molecule has 0 aliphatic rings. The molecule has 0 spiro atoms. The van der Waals surface area contributed by atoms with Crippen LogP contribution in [0.15, 0.2) is 24.3 Å². The molecule has 0 aliphatic heterocycles. The highest BCUT2D eigenvalue weighted by Crippen LogP contribution is 2.07. The highest BCUT2D eigenvalue weighted by molar-refractivity contribution is 5.73. The summed E-state index contributed by atoms with van der Waals surface area (Å²) >= 11 is 0. The van der Waals surface area contributed by atoms with E-state index in [2.05, 4.69) is 17.1 Å². The van der Waals surface area contributed by atoms with E-state index in [0.29, 0.717) is 19.6 Å². The van der Waals surface area contributed by atoms with E-state index in [1.807, 2.05) is 24.3 Å². The van der Waals surface area contributed by atoms with E-state index in [4.69, 9.17) is 4.74 Å². The Balaban J connectivity index is 1.70. The SMILES string of the molecule is CCCCCCOC(=O)CCn1nc2ccccc2n1. The van der Waals surface area contributed by atoms with Crippen molar-refractivity contribution in [1.82, 2.24) is 15.0 Å². The molecule has 0 saturated heterocycles. The minimum absolute atomic E-state index is 0.178. The first kappa shape index (κ1) is 14.5. The highest BCUT2D eigenvalue weighted by Gasteiger charge is 2.06. The number of nitrogens with zero attached hydrogens (tertiary/aromatic N) is 3. The Bertz CT molecular complexity index is 518. The Morgan fingerprint density at radius 2 is 1.85 bits per heavy atom. The molecule has 0 aliphatic carbocycles. The fourth-order valence-corrected chi connectivity index (χ4v) is 1.98. The normalized spacial score (nSPS) is 10.8. The second-order valence-electron chi connectivity index (χ2n) is 4.82. The summed E-state index contributed by atoms with van der Waals surface area (Å²) in [6.07, 6.45) is 4.77. The first-order valence-corrected chi connectivity index (χ1v) is 7.25. The van der Waals surface area contributed by atoms with Crippen molar-refractivity contribution in [3.05, 3.63) is 24.3 Å². The van der Waals surface area contributed by atoms with Gasteiger partial charge in [-0.1, -0.05) is 38.3 Å². The van der Waals surface area contributed by atoms with Crippen molar-refractivity contribution in [1.29, 1.82) is 0 Å². The quantitative estimate of drug-likeness (QED) is 0.549. The number of aromatic nitrogens is 3. The smallest absolute Gasteiger partial charge is 0.307 e. The summed E-state index contributed by atoms with van der Waals surface area (Å²) in [5.74, 6) is -0.178. The molecular formula is C15H21N3O2. The molecule has 5 nitrogen and oxygen atoms in total. The largest absolute Gasteiger partial charge is 0.466 e. The second kappa shape index (κ2) is 7.62. The predicted octanol–water partition coefficient (Wildman–Crippen LogP) is 2.94. The van der Waals surface area contributed by atoms with Crippen molar-refractivity contribution in [2.24, 2.45) is 0 Å². The van der Waals surface area contributed by atoms with Gasteiger partial charge in [-0.25, -0.2) is 0 Å². The molecule has 0 N–H and O–H groups in total. The maximum Gasteiger partial charge on any atom is 0.307 e. The molecule has 108 valence electrons. The first-order chi connectivity index (χ1) is 9.79. The minimum Gasteiger partial charge on any atom is -0.466 e. The summed E-state index contributed by atoms with van der Waals surface area (Å²) in [5.41, 5.74) is 1.70. The van der Waals surface area contributed by atoms with Crippen LogP contribution in [0.1, 0.15) is 39.0 Å². The van der Waals surface area contributed by atoms with Crippen LogP contribution in [-0.2, 0) is 16.1 Å². The fourth-order valence-electron chi connectivity index (χ4n) is 1.98. The molecule has 20 heavy (non-hydrogen) atoms. The van der Waals surface area contributed by atoms with Gasteiger partial charge in [-0.3, -0.25) is 4.79 Å². The Morgan fingerprint density at radius 3 is 2.50 bits per heavy atom. The number of benzene rings is 1. The number of esters is 1. The highest BCUT2D eigenvalue weighted by atomic mass is 16.5. The number of rotatable bonds is 8. The standard InChI is InChI=1S/C15H21N3O2/c1-2-3-4-7-12-20-15(19)10-11-18-16-13-8-5-6-9-14(13)17-18/h5-6,8-9H,2-4,7,10-12H2,1H3. The van der Waals surface area contributed by atoms with Crippen LogP contribution >= 0.6 is 0 Å². The summed E-state index contributed by atoms with van der Waals surface area (Å²) in [6, 6.07) is 7.66. The van der Waals surface area contributed by atoms with Crippen LogP contribution in [0.3, 0.4) is 0 Å². The van der Waals surface area contributed by atoms with E-state index >= 15 is 0 Å². The van der Waals surface area contributed by atoms with E-state index in [-0.39, 0.29) is 5.97 Å². The average Bonchev–Trinajstić information content (AvgIpc) is 2.88. The summed E-state index contributed by atoms with van der Waals surface area (Å²) in [6.45, 7) is 3.14. The molecule has 0 atom stereocenters. The summed E-state index contributed by atoms with van der Waals surface area (Å²) in [7, 11) is 0. The van der Waals surface area contributed by atoms with Gasteiger partial charge < -0.3 is 4.74 Å². The molecule has 0 fully saturated rings. The lowest BCUT2D eigenvalue weighted by atomic mass is 10.2. The fraction of sp³-hybridized carbons (Fsp3) is 0.533. The first-order valence-electron chi connectivity index (χ1n) is 7.25. The van der Waals surface area contributed by atoms with Crippen LogP contribution in [0.2, 0.25) is 0 Å². The number of aryl methyl sites for hydroxylation is 1. The van der Waals surface area contributed by atoms with Crippen LogP contribution in [-0.4, -0.2) is 27.6 Å². The molecular weight excluding hydrogens is 254 g/mol. The van der Waals surface area contributed by atoms with Gasteiger partial charge in [-0.2, -0.15) is 15.0 Å². The minimum atomic E-state index is -0.178. The summed E-state index contributed by atoms with van der Waals surface area (Å²) < 4.78 is 5.18. The molecule has 0 saturated carbocycles. The molecule has 0 amide bonds. The number of carbonyl (C=O) groups excluding carboxylic acids is 1. The molecule has 0 unspecified atom stereocenters. The topological polar surface area (TPSA) is 57.0 Å². The lowest BCUT2D eigenvalue weighted by molar-refractivity contribution is -0.144. The third-order valence-electron chi connectivity index (χ3n) is 3.10. The number of fused-ring (bicyclic) bond motifs is 1. The Morgan fingerprint density at radius 1 is 1.15 bits per heavy atom. The van der Waals surface area contributed by atoms with Crippen molar-refractivity contribution < 1.29 is 9.53 Å². The van der Waals surface area contributed by atoms with Crippen LogP contribution in [0.25, 0.3) is 11.0 Å². The number of ether oxygens (including phenoxy) is 1. The van der Waals surface area contributed by atoms with Crippen molar-refractivity contribution in [2.75, 3.05) is 6.61 Å². The van der Waals surface area contributed by atoms with Crippen LogP contribution in [0, 0.1) is 0 Å². The summed E-state index contributed by atoms with van der Waals surface area (Å²) in [4.78, 5) is 13.1. The molecule has 1 aromatic heterocycles. The lowest BCUT2D eigenvalue weighted by Crippen LogP contribution is -2.11. The molecule has 1 aromatic carbocycles. The van der Waals surface area contributed by atoms with Gasteiger partial charge in [0.1, 0.15) is 11.0 Å². The van der Waals surface area contributed by atoms with Crippen molar-refractivity contribution in [3.8, 4) is 0 Å².